The normalized spacial score (nSPS) is 9.50. The molecular weight excluding hydrogens is 154 g/mol. The quantitative estimate of drug-likeness (QED) is 0.569. The lowest BCUT2D eigenvalue weighted by atomic mass is 10.3. The standard InChI is InChI=1S/C9H17NO2/c1-3-5-7-10(8-11)9(12)6-4-2/h8H,3-7H2,1-2H3. The summed E-state index contributed by atoms with van der Waals surface area (Å²) in [7, 11) is 0. The molecule has 0 saturated heterocycles. The Morgan fingerprint density at radius 1 is 1.33 bits per heavy atom. The van der Waals surface area contributed by atoms with Crippen LogP contribution in [0.3, 0.4) is 0 Å². The van der Waals surface area contributed by atoms with Crippen LogP contribution in [0, 0.1) is 0 Å². The zero-order valence-corrected chi connectivity index (χ0v) is 7.88. The third-order valence-electron chi connectivity index (χ3n) is 1.66. The van der Waals surface area contributed by atoms with Gasteiger partial charge in [-0.1, -0.05) is 20.3 Å². The van der Waals surface area contributed by atoms with Gasteiger partial charge in [0.15, 0.2) is 0 Å². The molecule has 0 aromatic heterocycles. The van der Waals surface area contributed by atoms with E-state index in [2.05, 4.69) is 0 Å². The molecule has 0 spiro atoms. The van der Waals surface area contributed by atoms with Crippen LogP contribution in [0.15, 0.2) is 0 Å². The maximum atomic E-state index is 11.2. The molecule has 0 aromatic rings. The molecule has 2 amide bonds. The van der Waals surface area contributed by atoms with E-state index in [1.54, 1.807) is 0 Å². The Hall–Kier alpha value is -0.860. The first-order valence-corrected chi connectivity index (χ1v) is 4.51. The Morgan fingerprint density at radius 3 is 2.42 bits per heavy atom. The van der Waals surface area contributed by atoms with Crippen LogP contribution in [0.4, 0.5) is 0 Å². The van der Waals surface area contributed by atoms with Gasteiger partial charge in [-0.15, -0.1) is 0 Å². The van der Waals surface area contributed by atoms with Gasteiger partial charge in [-0.2, -0.15) is 0 Å². The topological polar surface area (TPSA) is 37.4 Å². The van der Waals surface area contributed by atoms with Crippen molar-refractivity contribution in [1.29, 1.82) is 0 Å². The molecule has 0 N–H and O–H groups in total. The second-order valence-electron chi connectivity index (χ2n) is 2.80. The lowest BCUT2D eigenvalue weighted by molar-refractivity contribution is -0.138. The van der Waals surface area contributed by atoms with Crippen LogP contribution in [0.25, 0.3) is 0 Å². The molecule has 0 saturated carbocycles. The summed E-state index contributed by atoms with van der Waals surface area (Å²) in [6.07, 6.45) is 3.81. The average Bonchev–Trinajstić information content (AvgIpc) is 2.06. The van der Waals surface area contributed by atoms with Gasteiger partial charge in [-0.25, -0.2) is 0 Å². The Morgan fingerprint density at radius 2 is 2.00 bits per heavy atom. The van der Waals surface area contributed by atoms with Crippen molar-refractivity contribution >= 4 is 12.3 Å². The molecule has 0 heterocycles. The lowest BCUT2D eigenvalue weighted by Crippen LogP contribution is -2.30. The van der Waals surface area contributed by atoms with E-state index in [9.17, 15) is 9.59 Å². The molecular formula is C9H17NO2. The number of imide groups is 1. The fourth-order valence-corrected chi connectivity index (χ4v) is 0.922. The molecule has 0 rings (SSSR count). The molecule has 70 valence electrons. The molecule has 0 bridgehead atoms. The number of amides is 2. The summed E-state index contributed by atoms with van der Waals surface area (Å²) in [6, 6.07) is 0. The van der Waals surface area contributed by atoms with Crippen LogP contribution in [0.5, 0.6) is 0 Å². The van der Waals surface area contributed by atoms with E-state index in [0.717, 1.165) is 19.3 Å². The summed E-state index contributed by atoms with van der Waals surface area (Å²) >= 11 is 0. The highest BCUT2D eigenvalue weighted by molar-refractivity contribution is 5.85. The minimum absolute atomic E-state index is 0.0547. The van der Waals surface area contributed by atoms with E-state index < -0.39 is 0 Å². The number of hydrogen-bond acceptors (Lipinski definition) is 2. The smallest absolute Gasteiger partial charge is 0.228 e. The second kappa shape index (κ2) is 6.83. The van der Waals surface area contributed by atoms with Crippen LogP contribution in [-0.2, 0) is 9.59 Å². The monoisotopic (exact) mass is 171 g/mol. The fraction of sp³-hybridized carbons (Fsp3) is 0.778. The van der Waals surface area contributed by atoms with Crippen molar-refractivity contribution in [2.45, 2.75) is 39.5 Å². The first-order chi connectivity index (χ1) is 5.76. The molecule has 0 atom stereocenters. The predicted octanol–water partition coefficient (Wildman–Crippen LogP) is 1.57. The van der Waals surface area contributed by atoms with Crippen LogP contribution in [0.2, 0.25) is 0 Å². The number of hydrogen-bond donors (Lipinski definition) is 0. The molecule has 12 heavy (non-hydrogen) atoms. The van der Waals surface area contributed by atoms with E-state index in [1.807, 2.05) is 13.8 Å². The van der Waals surface area contributed by atoms with E-state index in [0.29, 0.717) is 19.4 Å². The van der Waals surface area contributed by atoms with Crippen LogP contribution < -0.4 is 0 Å². The summed E-state index contributed by atoms with van der Waals surface area (Å²) in [5.41, 5.74) is 0. The van der Waals surface area contributed by atoms with Gasteiger partial charge in [0.1, 0.15) is 0 Å². The van der Waals surface area contributed by atoms with Crippen molar-refractivity contribution < 1.29 is 9.59 Å². The number of carbonyl (C=O) groups is 2. The molecule has 0 radical (unpaired) electrons. The number of unbranched alkanes of at least 4 members (excludes halogenated alkanes) is 1. The second-order valence-corrected chi connectivity index (χ2v) is 2.80. The maximum Gasteiger partial charge on any atom is 0.228 e. The average molecular weight is 171 g/mol. The van der Waals surface area contributed by atoms with Gasteiger partial charge in [0.25, 0.3) is 0 Å². The van der Waals surface area contributed by atoms with Gasteiger partial charge in [-0.3, -0.25) is 14.5 Å². The van der Waals surface area contributed by atoms with Gasteiger partial charge in [0, 0.05) is 13.0 Å². The zero-order chi connectivity index (χ0) is 9.40. The van der Waals surface area contributed by atoms with E-state index >= 15 is 0 Å². The highest BCUT2D eigenvalue weighted by Crippen LogP contribution is 1.97. The molecule has 0 aliphatic rings. The lowest BCUT2D eigenvalue weighted by Gasteiger charge is -2.13. The SMILES string of the molecule is CCCCN(C=O)C(=O)CCC. The highest BCUT2D eigenvalue weighted by atomic mass is 16.2. The van der Waals surface area contributed by atoms with Crippen molar-refractivity contribution in [2.24, 2.45) is 0 Å². The number of carbonyl (C=O) groups excluding carboxylic acids is 2. The minimum atomic E-state index is -0.0547. The van der Waals surface area contributed by atoms with Crippen molar-refractivity contribution in [1.82, 2.24) is 4.90 Å². The number of rotatable bonds is 6. The predicted molar refractivity (Wildman–Crippen MR) is 47.6 cm³/mol. The molecule has 0 aliphatic heterocycles. The van der Waals surface area contributed by atoms with Crippen LogP contribution in [-0.4, -0.2) is 23.8 Å². The van der Waals surface area contributed by atoms with Gasteiger partial charge < -0.3 is 0 Å². The molecule has 0 aromatic carbocycles. The van der Waals surface area contributed by atoms with Gasteiger partial charge in [-0.05, 0) is 12.8 Å². The summed E-state index contributed by atoms with van der Waals surface area (Å²) in [6.45, 7) is 4.53. The van der Waals surface area contributed by atoms with Crippen molar-refractivity contribution in [3.8, 4) is 0 Å². The Balaban J connectivity index is 3.79. The van der Waals surface area contributed by atoms with E-state index in [4.69, 9.17) is 0 Å². The summed E-state index contributed by atoms with van der Waals surface area (Å²) in [4.78, 5) is 22.9. The summed E-state index contributed by atoms with van der Waals surface area (Å²) in [5, 5.41) is 0. The number of nitrogens with zero attached hydrogens (tertiary/aromatic N) is 1. The zero-order valence-electron chi connectivity index (χ0n) is 7.88. The van der Waals surface area contributed by atoms with Crippen LogP contribution in [0.1, 0.15) is 39.5 Å². The maximum absolute atomic E-state index is 11.2. The molecule has 0 aliphatic carbocycles. The van der Waals surface area contributed by atoms with Crippen molar-refractivity contribution in [2.75, 3.05) is 6.54 Å². The Bertz CT molecular complexity index is 145. The Labute approximate surface area is 73.7 Å². The van der Waals surface area contributed by atoms with Gasteiger partial charge in [0.05, 0.1) is 0 Å². The third-order valence-corrected chi connectivity index (χ3v) is 1.66. The van der Waals surface area contributed by atoms with Crippen molar-refractivity contribution in [3.05, 3.63) is 0 Å². The van der Waals surface area contributed by atoms with Gasteiger partial charge >= 0.3 is 0 Å². The molecule has 3 nitrogen and oxygen atoms in total. The Kier molecular flexibility index (Phi) is 6.34. The van der Waals surface area contributed by atoms with Gasteiger partial charge in [0.2, 0.25) is 12.3 Å². The van der Waals surface area contributed by atoms with Crippen molar-refractivity contribution in [3.63, 3.8) is 0 Å². The molecule has 3 heteroatoms. The molecule has 0 fully saturated rings. The van der Waals surface area contributed by atoms with Crippen LogP contribution >= 0.6 is 0 Å². The summed E-state index contributed by atoms with van der Waals surface area (Å²) in [5.74, 6) is -0.0547. The van der Waals surface area contributed by atoms with E-state index in [1.165, 1.54) is 4.90 Å². The minimum Gasteiger partial charge on any atom is -0.285 e. The fourth-order valence-electron chi connectivity index (χ4n) is 0.922. The first-order valence-electron chi connectivity index (χ1n) is 4.51. The van der Waals surface area contributed by atoms with E-state index in [-0.39, 0.29) is 5.91 Å². The molecule has 0 unspecified atom stereocenters. The largest absolute Gasteiger partial charge is 0.285 e. The summed E-state index contributed by atoms with van der Waals surface area (Å²) < 4.78 is 0. The third kappa shape index (κ3) is 4.11. The highest BCUT2D eigenvalue weighted by Gasteiger charge is 2.09. The first kappa shape index (κ1) is 11.1.